The summed E-state index contributed by atoms with van der Waals surface area (Å²) in [6.07, 6.45) is 0. The molecule has 0 aliphatic carbocycles. The molecule has 0 aromatic rings. The third kappa shape index (κ3) is 11.9. The van der Waals surface area contributed by atoms with Crippen LogP contribution in [0.5, 0.6) is 0 Å². The van der Waals surface area contributed by atoms with Crippen molar-refractivity contribution in [2.75, 3.05) is 0 Å². The predicted octanol–water partition coefficient (Wildman–Crippen LogP) is -5.72. The first-order chi connectivity index (χ1) is 1.00. The monoisotopic (exact) mass is 130 g/mol. The molecule has 0 saturated heterocycles. The molecule has 0 bridgehead atoms. The van der Waals surface area contributed by atoms with Crippen LogP contribution in [-0.4, -0.2) is 8.95 Å². The summed E-state index contributed by atoms with van der Waals surface area (Å²) in [5.74, 6) is 0. The summed E-state index contributed by atoms with van der Waals surface area (Å²) in [7, 11) is 2.56. The number of hydrogen-bond donors (Lipinski definition) is 0. The zero-order chi connectivity index (χ0) is 2.00. The Morgan fingerprint density at radius 1 is 1.00 bits per heavy atom. The van der Waals surface area contributed by atoms with Gasteiger partial charge >= 0.3 is 20.6 Å². The number of hydrogen-bond acceptors (Lipinski definition) is 1. The molecule has 0 fully saturated rings. The van der Waals surface area contributed by atoms with Crippen molar-refractivity contribution in [3.8, 4) is 0 Å². The minimum atomic E-state index is 0. The fourth-order valence-corrected chi connectivity index (χ4v) is 0. The van der Waals surface area contributed by atoms with Gasteiger partial charge in [0, 0.05) is 0 Å². The van der Waals surface area contributed by atoms with E-state index in [1.807, 2.05) is 0 Å². The van der Waals surface area contributed by atoms with Crippen molar-refractivity contribution in [1.82, 2.24) is 0 Å². The van der Waals surface area contributed by atoms with Gasteiger partial charge in [-0.15, -0.1) is 0 Å². The Balaban J connectivity index is -0.00000000500. The van der Waals surface area contributed by atoms with Crippen molar-refractivity contribution in [2.45, 2.75) is 0 Å². The topological polar surface area (TPSA) is 0 Å². The quantitative estimate of drug-likeness (QED) is 0.295. The molecule has 0 amide bonds. The standard InChI is InChI=1S/2ClH.SSi/c;;1-2/h2*1H;/q;;+2/p-2. The van der Waals surface area contributed by atoms with Crippen LogP contribution in [0.15, 0.2) is 0 Å². The Bertz CT molecular complexity index is 6.00. The Morgan fingerprint density at radius 2 is 1.00 bits per heavy atom. The average Bonchev–Trinajstić information content (AvgIpc) is 1.00. The summed E-state index contributed by atoms with van der Waals surface area (Å²) in [6, 6.07) is 0. The molecule has 0 aromatic heterocycles. The van der Waals surface area contributed by atoms with E-state index in [9.17, 15) is 0 Å². The van der Waals surface area contributed by atoms with Crippen LogP contribution in [-0.2, 0) is 0 Å². The van der Waals surface area contributed by atoms with Crippen LogP contribution in [0.1, 0.15) is 0 Å². The van der Waals surface area contributed by atoms with Gasteiger partial charge in [-0.2, -0.15) is 0 Å². The van der Waals surface area contributed by atoms with E-state index < -0.39 is 0 Å². The van der Waals surface area contributed by atoms with Gasteiger partial charge in [0.2, 0.25) is 0 Å². The van der Waals surface area contributed by atoms with Crippen molar-refractivity contribution in [3.63, 3.8) is 0 Å². The molecule has 0 spiro atoms. The molecule has 4 heteroatoms. The molecule has 4 heavy (non-hydrogen) atoms. The Labute approximate surface area is 45.8 Å². The van der Waals surface area contributed by atoms with Crippen LogP contribution in [0.4, 0.5) is 0 Å². The van der Waals surface area contributed by atoms with Crippen molar-refractivity contribution >= 4 is 20.6 Å². The zero-order valence-electron chi connectivity index (χ0n) is 1.66. The minimum absolute atomic E-state index is 0. The molecular weight excluding hydrogens is 131 g/mol. The number of rotatable bonds is 0. The first-order valence-electron chi connectivity index (χ1n) is 0.204. The maximum absolute atomic E-state index is 3.89. The van der Waals surface area contributed by atoms with Crippen LogP contribution in [0.3, 0.4) is 0 Å². The van der Waals surface area contributed by atoms with E-state index in [1.54, 1.807) is 0 Å². The summed E-state index contributed by atoms with van der Waals surface area (Å²) >= 11 is 3.89. The Hall–Kier alpha value is 1.02. The van der Waals surface area contributed by atoms with Gasteiger partial charge in [0.25, 0.3) is 0 Å². The van der Waals surface area contributed by atoms with Gasteiger partial charge in [-0.05, 0) is 0 Å². The van der Waals surface area contributed by atoms with Crippen LogP contribution in [0, 0.1) is 0 Å². The molecular formula is Cl2SSi. The van der Waals surface area contributed by atoms with Gasteiger partial charge in [0.1, 0.15) is 0 Å². The van der Waals surface area contributed by atoms with Crippen molar-refractivity contribution in [1.29, 1.82) is 0 Å². The van der Waals surface area contributed by atoms with E-state index >= 15 is 0 Å². The molecule has 0 aromatic carbocycles. The van der Waals surface area contributed by atoms with E-state index in [1.165, 1.54) is 0 Å². The third-order valence-corrected chi connectivity index (χ3v) is 0. The fraction of sp³-hybridized carbons (Fsp3) is 0. The molecule has 24 valence electrons. The molecule has 0 N–H and O–H groups in total. The average molecular weight is 131 g/mol. The van der Waals surface area contributed by atoms with Gasteiger partial charge < -0.3 is 24.8 Å². The number of halogens is 2. The van der Waals surface area contributed by atoms with Crippen molar-refractivity contribution in [2.24, 2.45) is 0 Å². The van der Waals surface area contributed by atoms with Crippen LogP contribution in [0.2, 0.25) is 0 Å². The molecule has 0 unspecified atom stereocenters. The van der Waals surface area contributed by atoms with Gasteiger partial charge in [-0.3, -0.25) is 0 Å². The first-order valence-corrected chi connectivity index (χ1v) is 1.84. The van der Waals surface area contributed by atoms with Gasteiger partial charge in [0.15, 0.2) is 0 Å². The molecule has 0 atom stereocenters. The van der Waals surface area contributed by atoms with E-state index in [-0.39, 0.29) is 24.8 Å². The molecule has 0 radical (unpaired) electrons. The SMILES string of the molecule is [Cl-].[Cl-].[Si+2]=S. The molecule has 0 rings (SSSR count). The maximum atomic E-state index is 3.89. The van der Waals surface area contributed by atoms with E-state index in [0.29, 0.717) is 0 Å². The summed E-state index contributed by atoms with van der Waals surface area (Å²) in [5, 5.41) is 0. The molecule has 0 aliphatic rings. The normalized spacial score (nSPS) is 1.50. The second-order valence-electron chi connectivity index (χ2n) is 0. The molecule has 0 saturated carbocycles. The second-order valence-corrected chi connectivity index (χ2v) is 0. The second kappa shape index (κ2) is 35.4. The zero-order valence-corrected chi connectivity index (χ0v) is 4.99. The molecule has 0 aliphatic heterocycles. The van der Waals surface area contributed by atoms with Crippen molar-refractivity contribution < 1.29 is 24.8 Å². The molecule has 0 nitrogen and oxygen atoms in total. The van der Waals surface area contributed by atoms with Crippen LogP contribution in [0.25, 0.3) is 0 Å². The van der Waals surface area contributed by atoms with Gasteiger partial charge in [0.05, 0.1) is 0 Å². The first kappa shape index (κ1) is 19.9. The van der Waals surface area contributed by atoms with E-state index in [0.717, 1.165) is 0 Å². The van der Waals surface area contributed by atoms with E-state index in [4.69, 9.17) is 0 Å². The van der Waals surface area contributed by atoms with Crippen LogP contribution >= 0.6 is 11.6 Å². The Kier molecular flexibility index (Phi) is 176. The summed E-state index contributed by atoms with van der Waals surface area (Å²) < 4.78 is 0. The van der Waals surface area contributed by atoms with Crippen molar-refractivity contribution in [3.05, 3.63) is 0 Å². The fourth-order valence-electron chi connectivity index (χ4n) is 0. The van der Waals surface area contributed by atoms with Gasteiger partial charge in [-0.25, -0.2) is 0 Å². The summed E-state index contributed by atoms with van der Waals surface area (Å²) in [5.41, 5.74) is 0. The Morgan fingerprint density at radius 3 is 1.00 bits per heavy atom. The third-order valence-electron chi connectivity index (χ3n) is 0. The summed E-state index contributed by atoms with van der Waals surface area (Å²) in [6.45, 7) is 0. The van der Waals surface area contributed by atoms with Gasteiger partial charge in [-0.1, -0.05) is 0 Å². The van der Waals surface area contributed by atoms with E-state index in [2.05, 4.69) is 20.6 Å². The summed E-state index contributed by atoms with van der Waals surface area (Å²) in [4.78, 5) is 0. The predicted molar refractivity (Wildman–Crippen MR) is 13.3 cm³/mol. The van der Waals surface area contributed by atoms with Crippen LogP contribution < -0.4 is 24.8 Å². The molecule has 0 heterocycles.